The van der Waals surface area contributed by atoms with Crippen LogP contribution in [0.4, 0.5) is 0 Å². The molecule has 0 fully saturated rings. The second-order valence-electron chi connectivity index (χ2n) is 2.10. The molecule has 0 radical (unpaired) electrons. The van der Waals surface area contributed by atoms with Crippen molar-refractivity contribution >= 4 is 38.9 Å². The van der Waals surface area contributed by atoms with Crippen molar-refractivity contribution in [1.29, 1.82) is 0 Å². The van der Waals surface area contributed by atoms with E-state index in [1.807, 2.05) is 0 Å². The largest absolute Gasteiger partial charge is 0.478 e. The fourth-order valence-electron chi connectivity index (χ4n) is 0.736. The van der Waals surface area contributed by atoms with E-state index in [2.05, 4.69) is 0 Å². The predicted molar refractivity (Wildman–Crippen MR) is 47.7 cm³/mol. The maximum Gasteiger partial charge on any atom is 0.337 e. The van der Waals surface area contributed by atoms with Crippen LogP contribution in [-0.2, 0) is 10.0 Å². The summed E-state index contributed by atoms with van der Waals surface area (Å²) in [6.45, 7) is 0. The number of halogens is 1. The minimum absolute atomic E-state index is 0.139. The van der Waals surface area contributed by atoms with Gasteiger partial charge in [0.05, 0.1) is 5.56 Å². The number of primary sulfonamides is 1. The maximum atomic E-state index is 10.9. The predicted octanol–water partition coefficient (Wildman–Crippen LogP) is 0.747. The van der Waals surface area contributed by atoms with Crippen molar-refractivity contribution in [2.24, 2.45) is 5.14 Å². The topological polar surface area (TPSA) is 97.5 Å². The SMILES string of the molecule is NS(=O)(=O)c1c(C(=O)O)csc1Cl. The minimum atomic E-state index is -4.07. The van der Waals surface area contributed by atoms with Crippen LogP contribution in [0, 0.1) is 0 Å². The first-order chi connectivity index (χ1) is 5.84. The molecule has 5 nitrogen and oxygen atoms in total. The van der Waals surface area contributed by atoms with Gasteiger partial charge in [0.2, 0.25) is 10.0 Å². The molecular weight excluding hydrogens is 238 g/mol. The van der Waals surface area contributed by atoms with Gasteiger partial charge in [-0.15, -0.1) is 11.3 Å². The van der Waals surface area contributed by atoms with E-state index in [4.69, 9.17) is 21.8 Å². The molecule has 0 aliphatic heterocycles. The first kappa shape index (κ1) is 10.5. The van der Waals surface area contributed by atoms with Crippen LogP contribution in [0.2, 0.25) is 4.34 Å². The van der Waals surface area contributed by atoms with Gasteiger partial charge in [0.25, 0.3) is 0 Å². The molecule has 1 aromatic rings. The van der Waals surface area contributed by atoms with E-state index >= 15 is 0 Å². The lowest BCUT2D eigenvalue weighted by molar-refractivity contribution is 0.0693. The van der Waals surface area contributed by atoms with Gasteiger partial charge in [-0.1, -0.05) is 11.6 Å². The standard InChI is InChI=1S/C5H4ClNO4S2/c6-4-3(13(7,10)11)2(1-12-4)5(8)9/h1H,(H,8,9)(H2,7,10,11). The number of aromatic carboxylic acids is 1. The molecule has 0 unspecified atom stereocenters. The smallest absolute Gasteiger partial charge is 0.337 e. The maximum absolute atomic E-state index is 10.9. The summed E-state index contributed by atoms with van der Waals surface area (Å²) in [5.41, 5.74) is -0.391. The van der Waals surface area contributed by atoms with E-state index in [1.54, 1.807) is 0 Å². The molecule has 0 saturated heterocycles. The quantitative estimate of drug-likeness (QED) is 0.798. The third kappa shape index (κ3) is 1.99. The molecule has 0 aliphatic carbocycles. The highest BCUT2D eigenvalue weighted by atomic mass is 35.5. The number of hydrogen-bond acceptors (Lipinski definition) is 4. The van der Waals surface area contributed by atoms with E-state index in [1.165, 1.54) is 0 Å². The van der Waals surface area contributed by atoms with E-state index in [-0.39, 0.29) is 4.34 Å². The zero-order chi connectivity index (χ0) is 10.2. The molecule has 0 aliphatic rings. The molecule has 0 atom stereocenters. The normalized spacial score (nSPS) is 11.5. The van der Waals surface area contributed by atoms with Gasteiger partial charge >= 0.3 is 5.97 Å². The second kappa shape index (κ2) is 3.26. The Labute approximate surface area is 82.8 Å². The summed E-state index contributed by atoms with van der Waals surface area (Å²) in [4.78, 5) is 9.99. The van der Waals surface area contributed by atoms with Gasteiger partial charge < -0.3 is 5.11 Å². The number of sulfonamides is 1. The summed E-state index contributed by atoms with van der Waals surface area (Å²) in [6.07, 6.45) is 0. The molecule has 3 N–H and O–H groups in total. The highest BCUT2D eigenvalue weighted by Gasteiger charge is 2.24. The van der Waals surface area contributed by atoms with Gasteiger partial charge in [0, 0.05) is 5.38 Å². The van der Waals surface area contributed by atoms with Crippen molar-refractivity contribution < 1.29 is 18.3 Å². The van der Waals surface area contributed by atoms with Crippen LogP contribution >= 0.6 is 22.9 Å². The number of thiophene rings is 1. The van der Waals surface area contributed by atoms with Crippen LogP contribution in [0.25, 0.3) is 0 Å². The molecule has 0 bridgehead atoms. The zero-order valence-corrected chi connectivity index (χ0v) is 8.41. The first-order valence-corrected chi connectivity index (χ1v) is 5.67. The van der Waals surface area contributed by atoms with E-state index < -0.39 is 26.5 Å². The molecule has 0 spiro atoms. The molecule has 1 aromatic heterocycles. The Kier molecular flexibility index (Phi) is 2.62. The van der Waals surface area contributed by atoms with E-state index in [9.17, 15) is 13.2 Å². The Morgan fingerprint density at radius 1 is 1.62 bits per heavy atom. The molecule has 72 valence electrons. The zero-order valence-electron chi connectivity index (χ0n) is 6.02. The van der Waals surface area contributed by atoms with Crippen LogP contribution in [0.15, 0.2) is 10.3 Å². The molecule has 0 amide bonds. The lowest BCUT2D eigenvalue weighted by Gasteiger charge is -1.96. The van der Waals surface area contributed by atoms with Crippen molar-refractivity contribution in [2.45, 2.75) is 4.90 Å². The third-order valence-corrected chi connectivity index (χ3v) is 3.67. The molecule has 0 aromatic carbocycles. The highest BCUT2D eigenvalue weighted by Crippen LogP contribution is 2.30. The summed E-state index contributed by atoms with van der Waals surface area (Å²) < 4.78 is 21.6. The van der Waals surface area contributed by atoms with Crippen LogP contribution in [0.1, 0.15) is 10.4 Å². The number of hydrogen-bond donors (Lipinski definition) is 2. The number of nitrogens with two attached hydrogens (primary N) is 1. The van der Waals surface area contributed by atoms with Crippen molar-refractivity contribution in [1.82, 2.24) is 0 Å². The Balaban J connectivity index is 3.51. The Hall–Kier alpha value is -0.630. The average Bonchev–Trinajstić information content (AvgIpc) is 2.28. The van der Waals surface area contributed by atoms with Crippen LogP contribution in [-0.4, -0.2) is 19.5 Å². The fourth-order valence-corrected chi connectivity index (χ4v) is 3.20. The summed E-state index contributed by atoms with van der Waals surface area (Å²) in [5, 5.41) is 14.5. The molecule has 8 heteroatoms. The van der Waals surface area contributed by atoms with Crippen LogP contribution < -0.4 is 5.14 Å². The van der Waals surface area contributed by atoms with Crippen LogP contribution in [0.3, 0.4) is 0 Å². The summed E-state index contributed by atoms with van der Waals surface area (Å²) in [6, 6.07) is 0. The molecular formula is C5H4ClNO4S2. The van der Waals surface area contributed by atoms with Gasteiger partial charge in [0.1, 0.15) is 9.23 Å². The molecule has 13 heavy (non-hydrogen) atoms. The molecule has 1 heterocycles. The lowest BCUT2D eigenvalue weighted by atomic mass is 10.3. The summed E-state index contributed by atoms with van der Waals surface area (Å²) in [7, 11) is -4.07. The Bertz CT molecular complexity index is 449. The van der Waals surface area contributed by atoms with Crippen molar-refractivity contribution in [2.75, 3.05) is 0 Å². The van der Waals surface area contributed by atoms with Gasteiger partial charge in [-0.25, -0.2) is 18.4 Å². The molecule has 0 saturated carbocycles. The number of carbonyl (C=O) groups is 1. The number of carboxylic acid groups (broad SMARTS) is 1. The highest BCUT2D eigenvalue weighted by molar-refractivity contribution is 7.89. The number of carboxylic acids is 1. The van der Waals surface area contributed by atoms with Gasteiger partial charge in [0.15, 0.2) is 0 Å². The number of rotatable bonds is 2. The molecule has 1 rings (SSSR count). The lowest BCUT2D eigenvalue weighted by Crippen LogP contribution is -2.15. The minimum Gasteiger partial charge on any atom is -0.478 e. The van der Waals surface area contributed by atoms with Crippen molar-refractivity contribution in [3.63, 3.8) is 0 Å². The summed E-state index contributed by atoms with van der Waals surface area (Å²) >= 11 is 6.28. The van der Waals surface area contributed by atoms with Gasteiger partial charge in [-0.05, 0) is 0 Å². The van der Waals surface area contributed by atoms with E-state index in [0.29, 0.717) is 0 Å². The Morgan fingerprint density at radius 3 is 2.46 bits per heavy atom. The van der Waals surface area contributed by atoms with Crippen molar-refractivity contribution in [3.8, 4) is 0 Å². The fraction of sp³-hybridized carbons (Fsp3) is 0. The first-order valence-electron chi connectivity index (χ1n) is 2.87. The third-order valence-electron chi connectivity index (χ3n) is 1.22. The van der Waals surface area contributed by atoms with Crippen LogP contribution in [0.5, 0.6) is 0 Å². The van der Waals surface area contributed by atoms with E-state index in [0.717, 1.165) is 16.7 Å². The Morgan fingerprint density at radius 2 is 2.15 bits per heavy atom. The van der Waals surface area contributed by atoms with Gasteiger partial charge in [-0.2, -0.15) is 0 Å². The second-order valence-corrected chi connectivity index (χ2v) is 5.08. The van der Waals surface area contributed by atoms with Crippen molar-refractivity contribution in [3.05, 3.63) is 15.3 Å². The summed E-state index contributed by atoms with van der Waals surface area (Å²) in [5.74, 6) is -1.37. The van der Waals surface area contributed by atoms with Gasteiger partial charge in [-0.3, -0.25) is 0 Å². The monoisotopic (exact) mass is 241 g/mol. The average molecular weight is 242 g/mol.